The van der Waals surface area contributed by atoms with Gasteiger partial charge in [0.2, 0.25) is 0 Å². The van der Waals surface area contributed by atoms with Gasteiger partial charge in [0.25, 0.3) is 0 Å². The molecule has 3 rings (SSSR count). The van der Waals surface area contributed by atoms with Crippen molar-refractivity contribution in [1.82, 2.24) is 20.0 Å². The molecule has 3 heterocycles. The minimum atomic E-state index is 0.709. The van der Waals surface area contributed by atoms with Gasteiger partial charge < -0.3 is 5.32 Å². The molecule has 2 fully saturated rings. The smallest absolute Gasteiger partial charge is 0.0739 e. The summed E-state index contributed by atoms with van der Waals surface area (Å²) in [5, 5.41) is 8.32. The van der Waals surface area contributed by atoms with Crippen molar-refractivity contribution in [2.75, 3.05) is 7.05 Å². The molecule has 0 aromatic carbocycles. The van der Waals surface area contributed by atoms with Crippen LogP contribution in [0.4, 0.5) is 0 Å². The number of aromatic nitrogens is 2. The van der Waals surface area contributed by atoms with Gasteiger partial charge in [-0.15, -0.1) is 0 Å². The minimum Gasteiger partial charge on any atom is -0.311 e. The Hall–Kier alpha value is -0.390. The van der Waals surface area contributed by atoms with E-state index in [0.717, 1.165) is 30.9 Å². The van der Waals surface area contributed by atoms with Crippen LogP contribution in [0.1, 0.15) is 44.0 Å². The van der Waals surface area contributed by atoms with Gasteiger partial charge in [0.15, 0.2) is 0 Å². The number of nitrogens with one attached hydrogen (secondary N) is 1. The van der Waals surface area contributed by atoms with Crippen LogP contribution in [0.15, 0.2) is 4.47 Å². The van der Waals surface area contributed by atoms with Crippen molar-refractivity contribution < 1.29 is 0 Å². The third kappa shape index (κ3) is 2.68. The van der Waals surface area contributed by atoms with E-state index in [4.69, 9.17) is 0 Å². The number of rotatable bonds is 4. The number of halogens is 1. The molecule has 1 aromatic rings. The third-order valence-electron chi connectivity index (χ3n) is 4.92. The van der Waals surface area contributed by atoms with Crippen molar-refractivity contribution in [3.05, 3.63) is 15.9 Å². The van der Waals surface area contributed by atoms with E-state index in [1.165, 1.54) is 35.8 Å². The van der Waals surface area contributed by atoms with Crippen LogP contribution < -0.4 is 5.32 Å². The van der Waals surface area contributed by atoms with Crippen LogP contribution in [0.25, 0.3) is 0 Å². The van der Waals surface area contributed by atoms with Crippen molar-refractivity contribution >= 4 is 15.9 Å². The molecule has 0 aliphatic carbocycles. The average molecular weight is 341 g/mol. The predicted octanol–water partition coefficient (Wildman–Crippen LogP) is 2.69. The highest BCUT2D eigenvalue weighted by Crippen LogP contribution is 2.31. The maximum atomic E-state index is 4.60. The lowest BCUT2D eigenvalue weighted by Gasteiger charge is -2.35. The number of piperidine rings is 1. The zero-order valence-electron chi connectivity index (χ0n) is 12.7. The number of fused-ring (bicyclic) bond motifs is 2. The topological polar surface area (TPSA) is 33.1 Å². The van der Waals surface area contributed by atoms with Gasteiger partial charge in [-0.3, -0.25) is 9.58 Å². The highest BCUT2D eigenvalue weighted by Gasteiger charge is 2.35. The predicted molar refractivity (Wildman–Crippen MR) is 84.8 cm³/mol. The summed E-state index contributed by atoms with van der Waals surface area (Å²) in [5.74, 6) is 0. The summed E-state index contributed by atoms with van der Waals surface area (Å²) in [6.45, 7) is 6.16. The van der Waals surface area contributed by atoms with E-state index in [1.807, 2.05) is 0 Å². The molecule has 2 atom stereocenters. The molecular formula is C15H25BrN4. The summed E-state index contributed by atoms with van der Waals surface area (Å²) >= 11 is 3.71. The Balaban J connectivity index is 1.71. The number of hydrogen-bond donors (Lipinski definition) is 1. The van der Waals surface area contributed by atoms with E-state index < -0.39 is 0 Å². The van der Waals surface area contributed by atoms with Crippen LogP contribution >= 0.6 is 15.9 Å². The zero-order chi connectivity index (χ0) is 14.3. The maximum Gasteiger partial charge on any atom is 0.0739 e. The van der Waals surface area contributed by atoms with E-state index in [1.54, 1.807) is 0 Å². The first-order chi connectivity index (χ1) is 9.58. The molecule has 5 heteroatoms. The molecule has 1 aromatic heterocycles. The Morgan fingerprint density at radius 2 is 2.00 bits per heavy atom. The van der Waals surface area contributed by atoms with Crippen LogP contribution in [-0.2, 0) is 13.1 Å². The fourth-order valence-electron chi connectivity index (χ4n) is 3.77. The van der Waals surface area contributed by atoms with E-state index in [2.05, 4.69) is 56.8 Å². The Labute approximate surface area is 130 Å². The van der Waals surface area contributed by atoms with Crippen molar-refractivity contribution in [1.29, 1.82) is 0 Å². The summed E-state index contributed by atoms with van der Waals surface area (Å²) in [6.07, 6.45) is 5.32. The maximum absolute atomic E-state index is 4.60. The van der Waals surface area contributed by atoms with Gasteiger partial charge in [-0.05, 0) is 62.5 Å². The normalized spacial score (nSPS) is 29.4. The lowest BCUT2D eigenvalue weighted by Crippen LogP contribution is -2.46. The quantitative estimate of drug-likeness (QED) is 0.914. The molecule has 0 spiro atoms. The summed E-state index contributed by atoms with van der Waals surface area (Å²) in [7, 11) is 2.27. The molecule has 0 amide bonds. The largest absolute Gasteiger partial charge is 0.311 e. The molecule has 2 bridgehead atoms. The lowest BCUT2D eigenvalue weighted by atomic mass is 9.98. The van der Waals surface area contributed by atoms with Crippen molar-refractivity contribution in [3.63, 3.8) is 0 Å². The number of hydrogen-bond acceptors (Lipinski definition) is 3. The van der Waals surface area contributed by atoms with Gasteiger partial charge >= 0.3 is 0 Å². The minimum absolute atomic E-state index is 0.709. The monoisotopic (exact) mass is 340 g/mol. The van der Waals surface area contributed by atoms with Gasteiger partial charge in [-0.25, -0.2) is 0 Å². The van der Waals surface area contributed by atoms with Gasteiger partial charge in [0.05, 0.1) is 15.9 Å². The second kappa shape index (κ2) is 5.78. The summed E-state index contributed by atoms with van der Waals surface area (Å²) in [6, 6.07) is 2.21. The highest BCUT2D eigenvalue weighted by molar-refractivity contribution is 9.10. The van der Waals surface area contributed by atoms with E-state index in [9.17, 15) is 0 Å². The fraction of sp³-hybridized carbons (Fsp3) is 0.800. The SMILES string of the molecule is CCn1nc(C)c(Br)c1CN(C)C1CC2CCC(C1)N2. The molecule has 2 aliphatic heterocycles. The van der Waals surface area contributed by atoms with Crippen LogP contribution in [0, 0.1) is 6.92 Å². The molecule has 112 valence electrons. The summed E-state index contributed by atoms with van der Waals surface area (Å²) in [4.78, 5) is 2.53. The number of aryl methyl sites for hydroxylation is 2. The first kappa shape index (κ1) is 14.5. The van der Waals surface area contributed by atoms with Gasteiger partial charge in [0, 0.05) is 31.2 Å². The standard InChI is InChI=1S/C15H25BrN4/c1-4-20-14(15(16)10(2)18-20)9-19(3)13-7-11-5-6-12(8-13)17-11/h11-13,17H,4-9H2,1-3H3. The van der Waals surface area contributed by atoms with Crippen molar-refractivity contribution in [2.24, 2.45) is 0 Å². The molecule has 0 radical (unpaired) electrons. The van der Waals surface area contributed by atoms with Crippen LogP contribution in [-0.4, -0.2) is 39.9 Å². The van der Waals surface area contributed by atoms with E-state index >= 15 is 0 Å². The van der Waals surface area contributed by atoms with Gasteiger partial charge in [-0.1, -0.05) is 0 Å². The Kier molecular flexibility index (Phi) is 4.20. The lowest BCUT2D eigenvalue weighted by molar-refractivity contribution is 0.162. The molecule has 20 heavy (non-hydrogen) atoms. The van der Waals surface area contributed by atoms with Crippen LogP contribution in [0.5, 0.6) is 0 Å². The zero-order valence-corrected chi connectivity index (χ0v) is 14.3. The number of nitrogens with zero attached hydrogens (tertiary/aromatic N) is 3. The summed E-state index contributed by atoms with van der Waals surface area (Å²) in [5.41, 5.74) is 2.42. The molecular weight excluding hydrogens is 316 g/mol. The third-order valence-corrected chi connectivity index (χ3v) is 5.96. The van der Waals surface area contributed by atoms with Gasteiger partial charge in [0.1, 0.15) is 0 Å². The fourth-order valence-corrected chi connectivity index (χ4v) is 4.18. The molecule has 1 N–H and O–H groups in total. The second-order valence-corrected chi connectivity index (χ2v) is 7.13. The Morgan fingerprint density at radius 1 is 1.35 bits per heavy atom. The molecule has 0 saturated carbocycles. The highest BCUT2D eigenvalue weighted by atomic mass is 79.9. The van der Waals surface area contributed by atoms with E-state index in [-0.39, 0.29) is 0 Å². The van der Waals surface area contributed by atoms with Crippen molar-refractivity contribution in [2.45, 2.75) is 70.7 Å². The molecule has 2 aliphatic rings. The first-order valence-corrected chi connectivity index (χ1v) is 8.55. The van der Waals surface area contributed by atoms with Gasteiger partial charge in [-0.2, -0.15) is 5.10 Å². The first-order valence-electron chi connectivity index (χ1n) is 7.76. The average Bonchev–Trinajstić information content (AvgIpc) is 2.92. The van der Waals surface area contributed by atoms with Crippen LogP contribution in [0.2, 0.25) is 0 Å². The van der Waals surface area contributed by atoms with Crippen molar-refractivity contribution in [3.8, 4) is 0 Å². The Morgan fingerprint density at radius 3 is 2.60 bits per heavy atom. The van der Waals surface area contributed by atoms with E-state index in [0.29, 0.717) is 6.04 Å². The molecule has 2 unspecified atom stereocenters. The molecule has 4 nitrogen and oxygen atoms in total. The summed E-state index contributed by atoms with van der Waals surface area (Å²) < 4.78 is 3.31. The van der Waals surface area contributed by atoms with Crippen LogP contribution in [0.3, 0.4) is 0 Å². The second-order valence-electron chi connectivity index (χ2n) is 6.34. The molecule has 2 saturated heterocycles. The Bertz CT molecular complexity index is 472.